The number of benzene rings is 1. The van der Waals surface area contributed by atoms with Gasteiger partial charge in [-0.3, -0.25) is 0 Å². The minimum absolute atomic E-state index is 0.163. The summed E-state index contributed by atoms with van der Waals surface area (Å²) in [6.07, 6.45) is 3.63. The smallest absolute Gasteiger partial charge is 0.276 e. The number of nitrogens with one attached hydrogen (secondary N) is 1. The first kappa shape index (κ1) is 15.5. The molecule has 0 amide bonds. The number of rotatable bonds is 7. The number of nitrogens with zero attached hydrogens (tertiary/aromatic N) is 1. The molecular formula is C13H21N3O2S. The van der Waals surface area contributed by atoms with Gasteiger partial charge >= 0.3 is 0 Å². The molecule has 0 saturated heterocycles. The normalized spacial score (nSPS) is 12.4. The number of hydrogen-bond acceptors (Lipinski definition) is 4. The molecule has 6 heteroatoms. The largest absolute Gasteiger partial charge is 0.399 e. The second kappa shape index (κ2) is 7.13. The molecule has 0 aliphatic heterocycles. The highest BCUT2D eigenvalue weighted by Gasteiger charge is 2.12. The van der Waals surface area contributed by atoms with E-state index in [1.54, 1.807) is 12.1 Å². The Labute approximate surface area is 115 Å². The molecule has 0 heterocycles. The Morgan fingerprint density at radius 2 is 1.89 bits per heavy atom. The molecule has 1 aromatic rings. The molecule has 106 valence electrons. The SMILES string of the molecule is CCCCC(CC)=NNS(=O)(=O)c1ccc(N)cc1. The molecule has 0 aromatic heterocycles. The fourth-order valence-corrected chi connectivity index (χ4v) is 2.37. The van der Waals surface area contributed by atoms with Crippen molar-refractivity contribution in [2.24, 2.45) is 5.10 Å². The Morgan fingerprint density at radius 3 is 2.42 bits per heavy atom. The molecule has 1 aromatic carbocycles. The van der Waals surface area contributed by atoms with Gasteiger partial charge in [-0.15, -0.1) is 0 Å². The van der Waals surface area contributed by atoms with Gasteiger partial charge in [0.25, 0.3) is 10.0 Å². The summed E-state index contributed by atoms with van der Waals surface area (Å²) in [4.78, 5) is 2.44. The summed E-state index contributed by atoms with van der Waals surface area (Å²) in [5.74, 6) is 0. The van der Waals surface area contributed by atoms with Gasteiger partial charge in [0, 0.05) is 11.4 Å². The second-order valence-corrected chi connectivity index (χ2v) is 5.96. The Morgan fingerprint density at radius 1 is 1.26 bits per heavy atom. The van der Waals surface area contributed by atoms with Gasteiger partial charge in [-0.05, 0) is 43.5 Å². The zero-order chi connectivity index (χ0) is 14.3. The number of nitrogen functional groups attached to an aromatic ring is 1. The van der Waals surface area contributed by atoms with Crippen LogP contribution < -0.4 is 10.6 Å². The highest BCUT2D eigenvalue weighted by molar-refractivity contribution is 7.89. The van der Waals surface area contributed by atoms with Crippen LogP contribution in [0.2, 0.25) is 0 Å². The Kier molecular flexibility index (Phi) is 5.82. The van der Waals surface area contributed by atoms with Gasteiger partial charge < -0.3 is 5.73 Å². The van der Waals surface area contributed by atoms with Crippen LogP contribution in [0.4, 0.5) is 5.69 Å². The van der Waals surface area contributed by atoms with Crippen LogP contribution in [0.15, 0.2) is 34.3 Å². The molecule has 1 rings (SSSR count). The van der Waals surface area contributed by atoms with Gasteiger partial charge in [0.1, 0.15) is 0 Å². The van der Waals surface area contributed by atoms with Crippen molar-refractivity contribution in [3.63, 3.8) is 0 Å². The van der Waals surface area contributed by atoms with Crippen molar-refractivity contribution in [1.82, 2.24) is 4.83 Å². The molecule has 0 unspecified atom stereocenters. The minimum Gasteiger partial charge on any atom is -0.399 e. The number of anilines is 1. The summed E-state index contributed by atoms with van der Waals surface area (Å²) >= 11 is 0. The maximum atomic E-state index is 12.0. The van der Waals surface area contributed by atoms with Gasteiger partial charge in [0.2, 0.25) is 0 Å². The molecule has 0 atom stereocenters. The molecule has 0 saturated carbocycles. The first-order valence-electron chi connectivity index (χ1n) is 6.42. The van der Waals surface area contributed by atoms with E-state index in [0.717, 1.165) is 31.4 Å². The topological polar surface area (TPSA) is 84.5 Å². The van der Waals surface area contributed by atoms with E-state index < -0.39 is 10.0 Å². The van der Waals surface area contributed by atoms with Gasteiger partial charge in [-0.2, -0.15) is 13.5 Å². The Hall–Kier alpha value is -1.56. The third-order valence-electron chi connectivity index (χ3n) is 2.74. The van der Waals surface area contributed by atoms with Gasteiger partial charge in [-0.25, -0.2) is 4.83 Å². The van der Waals surface area contributed by atoms with Crippen LogP contribution >= 0.6 is 0 Å². The molecule has 5 nitrogen and oxygen atoms in total. The van der Waals surface area contributed by atoms with Crippen LogP contribution in [-0.2, 0) is 10.0 Å². The van der Waals surface area contributed by atoms with E-state index in [4.69, 9.17) is 5.73 Å². The van der Waals surface area contributed by atoms with Crippen LogP contribution in [0, 0.1) is 0 Å². The second-order valence-electron chi connectivity index (χ2n) is 4.30. The van der Waals surface area contributed by atoms with E-state index in [1.807, 2.05) is 6.92 Å². The molecule has 19 heavy (non-hydrogen) atoms. The molecule has 0 aliphatic carbocycles. The van der Waals surface area contributed by atoms with Gasteiger partial charge in [0.15, 0.2) is 0 Å². The summed E-state index contributed by atoms with van der Waals surface area (Å²) in [7, 11) is -3.60. The molecule has 0 fully saturated rings. The van der Waals surface area contributed by atoms with Crippen molar-refractivity contribution in [3.05, 3.63) is 24.3 Å². The van der Waals surface area contributed by atoms with E-state index in [1.165, 1.54) is 12.1 Å². The van der Waals surface area contributed by atoms with E-state index in [-0.39, 0.29) is 4.90 Å². The van der Waals surface area contributed by atoms with Crippen LogP contribution in [0.5, 0.6) is 0 Å². The van der Waals surface area contributed by atoms with Crippen molar-refractivity contribution in [1.29, 1.82) is 0 Å². The molecule has 0 aliphatic rings. The fourth-order valence-electron chi connectivity index (χ4n) is 1.52. The average molecular weight is 283 g/mol. The zero-order valence-corrected chi connectivity index (χ0v) is 12.2. The number of nitrogens with two attached hydrogens (primary N) is 1. The van der Waals surface area contributed by atoms with E-state index in [2.05, 4.69) is 16.9 Å². The summed E-state index contributed by atoms with van der Waals surface area (Å²) < 4.78 is 24.0. The lowest BCUT2D eigenvalue weighted by Crippen LogP contribution is -2.20. The van der Waals surface area contributed by atoms with Crippen molar-refractivity contribution in [3.8, 4) is 0 Å². The summed E-state index contributed by atoms with van der Waals surface area (Å²) in [6, 6.07) is 6.03. The predicted octanol–water partition coefficient (Wildman–Crippen LogP) is 2.50. The third kappa shape index (κ3) is 4.90. The summed E-state index contributed by atoms with van der Waals surface area (Å²) in [5.41, 5.74) is 6.92. The van der Waals surface area contributed by atoms with Crippen molar-refractivity contribution in [2.45, 2.75) is 44.4 Å². The number of hydrazone groups is 1. The maximum absolute atomic E-state index is 12.0. The number of unbranched alkanes of at least 4 members (excludes halogenated alkanes) is 1. The van der Waals surface area contributed by atoms with E-state index in [9.17, 15) is 8.42 Å². The molecular weight excluding hydrogens is 262 g/mol. The molecule has 0 radical (unpaired) electrons. The first-order chi connectivity index (χ1) is 8.99. The van der Waals surface area contributed by atoms with Crippen LogP contribution in [-0.4, -0.2) is 14.1 Å². The predicted molar refractivity (Wildman–Crippen MR) is 78.4 cm³/mol. The van der Waals surface area contributed by atoms with E-state index >= 15 is 0 Å². The Balaban J connectivity index is 2.79. The minimum atomic E-state index is -3.60. The first-order valence-corrected chi connectivity index (χ1v) is 7.90. The molecule has 0 spiro atoms. The van der Waals surface area contributed by atoms with Crippen LogP contribution in [0.25, 0.3) is 0 Å². The van der Waals surface area contributed by atoms with E-state index in [0.29, 0.717) is 5.69 Å². The van der Waals surface area contributed by atoms with Gasteiger partial charge in [0.05, 0.1) is 4.90 Å². The number of hydrogen-bond donors (Lipinski definition) is 2. The third-order valence-corrected chi connectivity index (χ3v) is 3.97. The summed E-state index contributed by atoms with van der Waals surface area (Å²) in [5, 5.41) is 4.00. The van der Waals surface area contributed by atoms with Crippen molar-refractivity contribution < 1.29 is 8.42 Å². The van der Waals surface area contributed by atoms with Crippen LogP contribution in [0.3, 0.4) is 0 Å². The highest BCUT2D eigenvalue weighted by atomic mass is 32.2. The average Bonchev–Trinajstić information content (AvgIpc) is 2.39. The highest BCUT2D eigenvalue weighted by Crippen LogP contribution is 2.11. The lowest BCUT2D eigenvalue weighted by Gasteiger charge is -2.06. The van der Waals surface area contributed by atoms with Crippen molar-refractivity contribution in [2.75, 3.05) is 5.73 Å². The van der Waals surface area contributed by atoms with Crippen molar-refractivity contribution >= 4 is 21.4 Å². The zero-order valence-electron chi connectivity index (χ0n) is 11.4. The molecule has 0 bridgehead atoms. The van der Waals surface area contributed by atoms with Gasteiger partial charge in [-0.1, -0.05) is 20.3 Å². The maximum Gasteiger partial charge on any atom is 0.276 e. The quantitative estimate of drug-likeness (QED) is 0.458. The molecule has 3 N–H and O–H groups in total. The standard InChI is InChI=1S/C13H21N3O2S/c1-3-5-6-12(4-2)15-16-19(17,18)13-9-7-11(14)8-10-13/h7-10,16H,3-6,14H2,1-2H3. The summed E-state index contributed by atoms with van der Waals surface area (Å²) in [6.45, 7) is 4.05. The monoisotopic (exact) mass is 283 g/mol. The Bertz CT molecular complexity index is 521. The van der Waals surface area contributed by atoms with Crippen LogP contribution in [0.1, 0.15) is 39.5 Å². The number of sulfonamides is 1. The lowest BCUT2D eigenvalue weighted by molar-refractivity contribution is 0.584. The fraction of sp³-hybridized carbons (Fsp3) is 0.462. The lowest BCUT2D eigenvalue weighted by atomic mass is 10.1.